The van der Waals surface area contributed by atoms with Crippen LogP contribution in [-0.2, 0) is 4.74 Å². The highest BCUT2D eigenvalue weighted by Crippen LogP contribution is 2.14. The summed E-state index contributed by atoms with van der Waals surface area (Å²) in [5, 5.41) is 3.27. The van der Waals surface area contributed by atoms with E-state index in [-0.39, 0.29) is 5.54 Å². The Morgan fingerprint density at radius 2 is 2.00 bits per heavy atom. The van der Waals surface area contributed by atoms with Crippen LogP contribution in [0.15, 0.2) is 0 Å². The number of hydrogen-bond acceptors (Lipinski definition) is 4. The molecule has 0 aromatic heterocycles. The summed E-state index contributed by atoms with van der Waals surface area (Å²) in [7, 11) is 0. The lowest BCUT2D eigenvalue weighted by atomic mass is 10.0. The van der Waals surface area contributed by atoms with E-state index in [1.165, 1.54) is 0 Å². The van der Waals surface area contributed by atoms with Gasteiger partial charge in [-0.2, -0.15) is 12.6 Å². The number of nitrogens with one attached hydrogen (secondary N) is 1. The molecule has 78 valence electrons. The number of nitrogens with zero attached hydrogens (tertiary/aromatic N) is 1. The first-order valence-electron chi connectivity index (χ1n) is 4.81. The van der Waals surface area contributed by atoms with Crippen LogP contribution in [0, 0.1) is 0 Å². The van der Waals surface area contributed by atoms with Crippen molar-refractivity contribution >= 4 is 12.6 Å². The summed E-state index contributed by atoms with van der Waals surface area (Å²) in [6.45, 7) is 9.32. The normalized spacial score (nSPS) is 20.5. The third kappa shape index (κ3) is 3.46. The fraction of sp³-hybridized carbons (Fsp3) is 1.00. The predicted octanol–water partition coefficient (Wildman–Crippen LogP) is 0.574. The monoisotopic (exact) mass is 204 g/mol. The van der Waals surface area contributed by atoms with Gasteiger partial charge in [-0.1, -0.05) is 0 Å². The third-order valence-electron chi connectivity index (χ3n) is 2.54. The van der Waals surface area contributed by atoms with Crippen LogP contribution in [0.2, 0.25) is 0 Å². The molecule has 1 rings (SSSR count). The second-order valence-electron chi connectivity index (χ2n) is 4.00. The highest BCUT2D eigenvalue weighted by molar-refractivity contribution is 7.80. The van der Waals surface area contributed by atoms with E-state index in [4.69, 9.17) is 4.74 Å². The van der Waals surface area contributed by atoms with Gasteiger partial charge in [-0.25, -0.2) is 0 Å². The number of thiol groups is 1. The van der Waals surface area contributed by atoms with Gasteiger partial charge in [0.1, 0.15) is 0 Å². The molecule has 0 aromatic rings. The minimum atomic E-state index is 0.215. The van der Waals surface area contributed by atoms with Crippen LogP contribution in [0.4, 0.5) is 0 Å². The Hall–Kier alpha value is 0.230. The molecule has 0 saturated carbocycles. The second-order valence-corrected chi connectivity index (χ2v) is 4.31. The summed E-state index contributed by atoms with van der Waals surface area (Å²) in [5.74, 6) is 0.744. The summed E-state index contributed by atoms with van der Waals surface area (Å²) in [6.07, 6.45) is 0. The van der Waals surface area contributed by atoms with E-state index in [0.717, 1.165) is 38.7 Å². The van der Waals surface area contributed by atoms with Crippen LogP contribution < -0.4 is 5.32 Å². The summed E-state index contributed by atoms with van der Waals surface area (Å²) < 4.78 is 5.32. The number of hydrogen-bond donors (Lipinski definition) is 2. The first-order chi connectivity index (χ1) is 6.17. The molecule has 1 saturated heterocycles. The van der Waals surface area contributed by atoms with Gasteiger partial charge in [0.2, 0.25) is 0 Å². The van der Waals surface area contributed by atoms with Gasteiger partial charge in [0.25, 0.3) is 0 Å². The van der Waals surface area contributed by atoms with E-state index in [1.54, 1.807) is 0 Å². The Kier molecular flexibility index (Phi) is 4.52. The van der Waals surface area contributed by atoms with Crippen molar-refractivity contribution in [3.05, 3.63) is 0 Å². The maximum Gasteiger partial charge on any atom is 0.0594 e. The summed E-state index contributed by atoms with van der Waals surface area (Å²) in [4.78, 5) is 2.47. The molecule has 3 nitrogen and oxygen atoms in total. The van der Waals surface area contributed by atoms with Gasteiger partial charge in [0, 0.05) is 31.0 Å². The minimum Gasteiger partial charge on any atom is -0.379 e. The zero-order valence-electron chi connectivity index (χ0n) is 8.55. The molecule has 1 aliphatic rings. The molecule has 1 fully saturated rings. The largest absolute Gasteiger partial charge is 0.379 e. The lowest BCUT2D eigenvalue weighted by Gasteiger charge is -2.40. The fourth-order valence-electron chi connectivity index (χ4n) is 1.64. The van der Waals surface area contributed by atoms with E-state index in [9.17, 15) is 0 Å². The topological polar surface area (TPSA) is 24.5 Å². The van der Waals surface area contributed by atoms with Crippen molar-refractivity contribution < 1.29 is 4.74 Å². The molecule has 0 radical (unpaired) electrons. The fourth-order valence-corrected chi connectivity index (χ4v) is 1.75. The Balaban J connectivity index is 2.36. The Morgan fingerprint density at radius 1 is 1.38 bits per heavy atom. The summed E-state index contributed by atoms with van der Waals surface area (Å²) in [5.41, 5.74) is 0.215. The lowest BCUT2D eigenvalue weighted by Crippen LogP contribution is -2.54. The lowest BCUT2D eigenvalue weighted by molar-refractivity contribution is -0.00914. The molecule has 1 heterocycles. The first-order valence-corrected chi connectivity index (χ1v) is 5.44. The van der Waals surface area contributed by atoms with Crippen LogP contribution in [0.1, 0.15) is 13.8 Å². The molecule has 1 N–H and O–H groups in total. The molecule has 1 aliphatic heterocycles. The predicted molar refractivity (Wildman–Crippen MR) is 58.3 cm³/mol. The number of morpholine rings is 1. The highest BCUT2D eigenvalue weighted by Gasteiger charge is 2.27. The van der Waals surface area contributed by atoms with E-state index in [1.807, 2.05) is 0 Å². The average molecular weight is 204 g/mol. The molecule has 0 atom stereocenters. The maximum atomic E-state index is 5.32. The van der Waals surface area contributed by atoms with Crippen LogP contribution in [0.25, 0.3) is 0 Å². The number of rotatable bonds is 4. The van der Waals surface area contributed by atoms with Gasteiger partial charge in [-0.15, -0.1) is 0 Å². The van der Waals surface area contributed by atoms with Gasteiger partial charge < -0.3 is 10.1 Å². The Morgan fingerprint density at radius 3 is 2.54 bits per heavy atom. The van der Waals surface area contributed by atoms with E-state index in [0.29, 0.717) is 0 Å². The van der Waals surface area contributed by atoms with Gasteiger partial charge >= 0.3 is 0 Å². The molecule has 0 bridgehead atoms. The SMILES string of the molecule is CC(C)(CNCS)N1CCOCC1. The molecule has 0 amide bonds. The van der Waals surface area contributed by atoms with Crippen molar-refractivity contribution in [3.8, 4) is 0 Å². The average Bonchev–Trinajstić information content (AvgIpc) is 2.16. The van der Waals surface area contributed by atoms with Crippen molar-refractivity contribution in [1.82, 2.24) is 10.2 Å². The standard InChI is InChI=1S/C9H20N2OS/c1-9(2,7-10-8-13)11-3-5-12-6-4-11/h10,13H,3-8H2,1-2H3. The minimum absolute atomic E-state index is 0.215. The number of ether oxygens (including phenoxy) is 1. The van der Waals surface area contributed by atoms with E-state index in [2.05, 4.69) is 36.7 Å². The van der Waals surface area contributed by atoms with E-state index < -0.39 is 0 Å². The van der Waals surface area contributed by atoms with Crippen LogP contribution in [0.3, 0.4) is 0 Å². The molecule has 0 aliphatic carbocycles. The zero-order valence-corrected chi connectivity index (χ0v) is 9.44. The highest BCUT2D eigenvalue weighted by atomic mass is 32.1. The smallest absolute Gasteiger partial charge is 0.0594 e. The third-order valence-corrected chi connectivity index (χ3v) is 2.76. The molecule has 4 heteroatoms. The Labute approximate surface area is 86.2 Å². The molecule has 0 aromatic carbocycles. The molecular weight excluding hydrogens is 184 g/mol. The molecule has 0 unspecified atom stereocenters. The van der Waals surface area contributed by atoms with Crippen LogP contribution in [-0.4, -0.2) is 49.2 Å². The van der Waals surface area contributed by atoms with Crippen molar-refractivity contribution in [2.45, 2.75) is 19.4 Å². The molecule has 13 heavy (non-hydrogen) atoms. The first kappa shape index (κ1) is 11.3. The van der Waals surface area contributed by atoms with Crippen molar-refractivity contribution in [2.24, 2.45) is 0 Å². The Bertz CT molecular complexity index is 147. The van der Waals surface area contributed by atoms with Gasteiger partial charge in [-0.3, -0.25) is 4.90 Å². The van der Waals surface area contributed by atoms with Crippen LogP contribution >= 0.6 is 12.6 Å². The van der Waals surface area contributed by atoms with Crippen molar-refractivity contribution in [1.29, 1.82) is 0 Å². The van der Waals surface area contributed by atoms with Crippen molar-refractivity contribution in [3.63, 3.8) is 0 Å². The van der Waals surface area contributed by atoms with Crippen LogP contribution in [0.5, 0.6) is 0 Å². The van der Waals surface area contributed by atoms with Crippen molar-refractivity contribution in [2.75, 3.05) is 38.7 Å². The maximum absolute atomic E-state index is 5.32. The molecular formula is C9H20N2OS. The summed E-state index contributed by atoms with van der Waals surface area (Å²) in [6, 6.07) is 0. The van der Waals surface area contributed by atoms with Gasteiger partial charge in [0.15, 0.2) is 0 Å². The van der Waals surface area contributed by atoms with Gasteiger partial charge in [-0.05, 0) is 13.8 Å². The molecule has 0 spiro atoms. The quantitative estimate of drug-likeness (QED) is 0.517. The van der Waals surface area contributed by atoms with E-state index >= 15 is 0 Å². The summed E-state index contributed by atoms with van der Waals surface area (Å²) >= 11 is 4.14. The zero-order chi connectivity index (χ0) is 9.73. The van der Waals surface area contributed by atoms with Gasteiger partial charge in [0.05, 0.1) is 13.2 Å². The second kappa shape index (κ2) is 5.20.